The van der Waals surface area contributed by atoms with Crippen molar-refractivity contribution < 1.29 is 9.53 Å². The third kappa shape index (κ3) is 2.20. The van der Waals surface area contributed by atoms with Crippen LogP contribution in [-0.4, -0.2) is 37.2 Å². The first-order chi connectivity index (χ1) is 8.84. The lowest BCUT2D eigenvalue weighted by Crippen LogP contribution is -2.46. The van der Waals surface area contributed by atoms with Gasteiger partial charge in [0.2, 0.25) is 0 Å². The van der Waals surface area contributed by atoms with E-state index in [4.69, 9.17) is 4.74 Å². The van der Waals surface area contributed by atoms with Crippen molar-refractivity contribution in [2.75, 3.05) is 26.3 Å². The van der Waals surface area contributed by atoms with Crippen LogP contribution in [0.4, 0.5) is 4.79 Å². The van der Waals surface area contributed by atoms with E-state index in [1.165, 1.54) is 11.1 Å². The zero-order valence-corrected chi connectivity index (χ0v) is 10.4. The van der Waals surface area contributed by atoms with E-state index in [-0.39, 0.29) is 12.1 Å². The second kappa shape index (κ2) is 4.98. The highest BCUT2D eigenvalue weighted by atomic mass is 16.5. The normalized spacial score (nSPS) is 22.7. The van der Waals surface area contributed by atoms with Crippen LogP contribution in [0.1, 0.15) is 23.6 Å². The Bertz CT molecular complexity index is 441. The summed E-state index contributed by atoms with van der Waals surface area (Å²) in [7, 11) is 0. The second-order valence-corrected chi connectivity index (χ2v) is 4.84. The van der Waals surface area contributed by atoms with Gasteiger partial charge in [-0.05, 0) is 24.0 Å². The predicted molar refractivity (Wildman–Crippen MR) is 68.4 cm³/mol. The topological polar surface area (TPSA) is 41.6 Å². The number of morpholine rings is 1. The van der Waals surface area contributed by atoms with Crippen LogP contribution in [0.2, 0.25) is 0 Å². The lowest BCUT2D eigenvalue weighted by Gasteiger charge is -2.28. The molecule has 1 aromatic rings. The Kier molecular flexibility index (Phi) is 3.19. The molecule has 2 aliphatic rings. The molecule has 1 aliphatic carbocycles. The Balaban J connectivity index is 1.65. The number of nitrogens with one attached hydrogen (secondary N) is 1. The fourth-order valence-electron chi connectivity index (χ4n) is 2.71. The van der Waals surface area contributed by atoms with E-state index in [2.05, 4.69) is 23.5 Å². The minimum Gasteiger partial charge on any atom is -0.378 e. The van der Waals surface area contributed by atoms with E-state index in [1.54, 1.807) is 0 Å². The van der Waals surface area contributed by atoms with Crippen LogP contribution >= 0.6 is 0 Å². The largest absolute Gasteiger partial charge is 0.378 e. The van der Waals surface area contributed by atoms with Crippen molar-refractivity contribution in [3.8, 4) is 0 Å². The summed E-state index contributed by atoms with van der Waals surface area (Å²) in [4.78, 5) is 14.0. The molecule has 1 fully saturated rings. The molecule has 0 saturated carbocycles. The highest BCUT2D eigenvalue weighted by molar-refractivity contribution is 5.75. The number of rotatable bonds is 1. The fourth-order valence-corrected chi connectivity index (χ4v) is 2.71. The van der Waals surface area contributed by atoms with Crippen molar-refractivity contribution in [2.24, 2.45) is 0 Å². The summed E-state index contributed by atoms with van der Waals surface area (Å²) in [6.07, 6.45) is 2.07. The van der Waals surface area contributed by atoms with Crippen LogP contribution in [-0.2, 0) is 11.2 Å². The number of aryl methyl sites for hydroxylation is 1. The summed E-state index contributed by atoms with van der Waals surface area (Å²) < 4.78 is 5.25. The third-order valence-electron chi connectivity index (χ3n) is 3.73. The summed E-state index contributed by atoms with van der Waals surface area (Å²) in [5, 5.41) is 3.14. The SMILES string of the molecule is O=C(NC1CCc2ccccc21)N1CCOCC1. The number of benzene rings is 1. The number of hydrogen-bond donors (Lipinski definition) is 1. The van der Waals surface area contributed by atoms with Gasteiger partial charge >= 0.3 is 6.03 Å². The van der Waals surface area contributed by atoms with Crippen molar-refractivity contribution in [2.45, 2.75) is 18.9 Å². The molecule has 1 N–H and O–H groups in total. The van der Waals surface area contributed by atoms with E-state index in [9.17, 15) is 4.79 Å². The number of hydrogen-bond acceptors (Lipinski definition) is 2. The van der Waals surface area contributed by atoms with E-state index in [0.29, 0.717) is 26.3 Å². The molecule has 1 aliphatic heterocycles. The number of nitrogens with zero attached hydrogens (tertiary/aromatic N) is 1. The monoisotopic (exact) mass is 246 g/mol. The first kappa shape index (κ1) is 11.5. The molecule has 1 heterocycles. The highest BCUT2D eigenvalue weighted by Crippen LogP contribution is 2.30. The maximum Gasteiger partial charge on any atom is 0.318 e. The average molecular weight is 246 g/mol. The molecular formula is C14H18N2O2. The molecule has 0 spiro atoms. The molecule has 0 aromatic heterocycles. The third-order valence-corrected chi connectivity index (χ3v) is 3.73. The van der Waals surface area contributed by atoms with Crippen molar-refractivity contribution in [1.29, 1.82) is 0 Å². The Hall–Kier alpha value is -1.55. The molecule has 0 radical (unpaired) electrons. The quantitative estimate of drug-likeness (QED) is 0.819. The summed E-state index contributed by atoms with van der Waals surface area (Å²) in [5.74, 6) is 0. The zero-order valence-electron chi connectivity index (χ0n) is 10.4. The minimum atomic E-state index is 0.0417. The lowest BCUT2D eigenvalue weighted by atomic mass is 10.1. The zero-order chi connectivity index (χ0) is 12.4. The van der Waals surface area contributed by atoms with Gasteiger partial charge in [0, 0.05) is 13.1 Å². The van der Waals surface area contributed by atoms with Crippen LogP contribution in [0.15, 0.2) is 24.3 Å². The summed E-state index contributed by atoms with van der Waals surface area (Å²) in [6, 6.07) is 8.59. The highest BCUT2D eigenvalue weighted by Gasteiger charge is 2.25. The minimum absolute atomic E-state index is 0.0417. The maximum atomic E-state index is 12.1. The van der Waals surface area contributed by atoms with Gasteiger partial charge in [-0.1, -0.05) is 24.3 Å². The van der Waals surface area contributed by atoms with Gasteiger partial charge in [-0.15, -0.1) is 0 Å². The van der Waals surface area contributed by atoms with Crippen LogP contribution < -0.4 is 5.32 Å². The Labute approximate surface area is 107 Å². The van der Waals surface area contributed by atoms with Gasteiger partial charge in [0.25, 0.3) is 0 Å². The van der Waals surface area contributed by atoms with E-state index < -0.39 is 0 Å². The number of amides is 2. The van der Waals surface area contributed by atoms with Crippen LogP contribution in [0.3, 0.4) is 0 Å². The lowest BCUT2D eigenvalue weighted by molar-refractivity contribution is 0.0525. The molecular weight excluding hydrogens is 228 g/mol. The molecule has 1 unspecified atom stereocenters. The van der Waals surface area contributed by atoms with Crippen LogP contribution in [0, 0.1) is 0 Å². The summed E-state index contributed by atoms with van der Waals surface area (Å²) in [6.45, 7) is 2.68. The molecule has 96 valence electrons. The summed E-state index contributed by atoms with van der Waals surface area (Å²) >= 11 is 0. The molecule has 4 nitrogen and oxygen atoms in total. The molecule has 0 bridgehead atoms. The standard InChI is InChI=1S/C14H18N2O2/c17-14(16-7-9-18-10-8-16)15-13-6-5-11-3-1-2-4-12(11)13/h1-4,13H,5-10H2,(H,15,17). The molecule has 3 rings (SSSR count). The average Bonchev–Trinajstić information content (AvgIpc) is 2.83. The second-order valence-electron chi connectivity index (χ2n) is 4.84. The summed E-state index contributed by atoms with van der Waals surface area (Å²) in [5.41, 5.74) is 2.64. The molecule has 2 amide bonds. The molecule has 1 atom stereocenters. The van der Waals surface area contributed by atoms with Gasteiger partial charge in [-0.3, -0.25) is 0 Å². The smallest absolute Gasteiger partial charge is 0.318 e. The van der Waals surface area contributed by atoms with Crippen LogP contribution in [0.5, 0.6) is 0 Å². The van der Waals surface area contributed by atoms with Gasteiger partial charge in [0.15, 0.2) is 0 Å². The maximum absolute atomic E-state index is 12.1. The molecule has 1 aromatic carbocycles. The molecule has 1 saturated heterocycles. The van der Waals surface area contributed by atoms with Gasteiger partial charge in [-0.25, -0.2) is 4.79 Å². The Morgan fingerprint density at radius 2 is 2.06 bits per heavy atom. The fraction of sp³-hybridized carbons (Fsp3) is 0.500. The first-order valence-electron chi connectivity index (χ1n) is 6.55. The van der Waals surface area contributed by atoms with Crippen molar-refractivity contribution >= 4 is 6.03 Å². The number of carbonyl (C=O) groups is 1. The van der Waals surface area contributed by atoms with E-state index in [0.717, 1.165) is 12.8 Å². The number of fused-ring (bicyclic) bond motifs is 1. The first-order valence-corrected chi connectivity index (χ1v) is 6.55. The van der Waals surface area contributed by atoms with Gasteiger partial charge in [0.05, 0.1) is 19.3 Å². The molecule has 18 heavy (non-hydrogen) atoms. The van der Waals surface area contributed by atoms with E-state index >= 15 is 0 Å². The van der Waals surface area contributed by atoms with Crippen molar-refractivity contribution in [3.63, 3.8) is 0 Å². The number of ether oxygens (including phenoxy) is 1. The predicted octanol–water partition coefficient (Wildman–Crippen LogP) is 1.72. The number of carbonyl (C=O) groups excluding carboxylic acids is 1. The Morgan fingerprint density at radius 1 is 1.28 bits per heavy atom. The van der Waals surface area contributed by atoms with Crippen molar-refractivity contribution in [1.82, 2.24) is 10.2 Å². The van der Waals surface area contributed by atoms with Gasteiger partial charge in [-0.2, -0.15) is 0 Å². The van der Waals surface area contributed by atoms with Gasteiger partial charge < -0.3 is 15.0 Å². The van der Waals surface area contributed by atoms with Gasteiger partial charge in [0.1, 0.15) is 0 Å². The number of urea groups is 1. The van der Waals surface area contributed by atoms with Crippen LogP contribution in [0.25, 0.3) is 0 Å². The Morgan fingerprint density at radius 3 is 2.89 bits per heavy atom. The van der Waals surface area contributed by atoms with E-state index in [1.807, 2.05) is 11.0 Å². The van der Waals surface area contributed by atoms with Crippen molar-refractivity contribution in [3.05, 3.63) is 35.4 Å². The molecule has 4 heteroatoms.